The van der Waals surface area contributed by atoms with Crippen molar-refractivity contribution in [3.63, 3.8) is 0 Å². The number of anilines is 1. The molecule has 3 aromatic rings. The first-order chi connectivity index (χ1) is 12.8. The predicted molar refractivity (Wildman–Crippen MR) is 106 cm³/mol. The fraction of sp³-hybridized carbons (Fsp3) is 0.318. The number of carbonyl (C=O) groups excluding carboxylic acids is 2. The van der Waals surface area contributed by atoms with Crippen LogP contribution >= 0.6 is 0 Å². The van der Waals surface area contributed by atoms with Crippen LogP contribution in [-0.2, 0) is 4.79 Å². The zero-order valence-electron chi connectivity index (χ0n) is 16.1. The standard InChI is InChI=1S/C22H23N3O2/c1-13-5-6-14(2)19(7-13)24-11-17(10-21(24)26)22(27)25-12-23-18-8-15(3)16(4)9-20(18)25/h5-9,12,17H,10-11H2,1-4H3. The molecular weight excluding hydrogens is 338 g/mol. The van der Waals surface area contributed by atoms with Crippen molar-refractivity contribution in [3.8, 4) is 0 Å². The molecule has 0 saturated carbocycles. The van der Waals surface area contributed by atoms with Gasteiger partial charge in [0.2, 0.25) is 11.8 Å². The predicted octanol–water partition coefficient (Wildman–Crippen LogP) is 3.96. The van der Waals surface area contributed by atoms with E-state index in [1.807, 2.05) is 58.0 Å². The summed E-state index contributed by atoms with van der Waals surface area (Å²) in [6, 6.07) is 10.1. The van der Waals surface area contributed by atoms with E-state index in [1.165, 1.54) is 0 Å². The van der Waals surface area contributed by atoms with Crippen LogP contribution in [0.1, 0.15) is 33.5 Å². The molecule has 1 saturated heterocycles. The molecule has 4 rings (SSSR count). The Bertz CT molecular complexity index is 1080. The number of aryl methyl sites for hydroxylation is 4. The minimum absolute atomic E-state index is 0.00139. The second-order valence-electron chi connectivity index (χ2n) is 7.57. The van der Waals surface area contributed by atoms with Gasteiger partial charge in [-0.2, -0.15) is 0 Å². The molecule has 1 atom stereocenters. The van der Waals surface area contributed by atoms with Gasteiger partial charge in [-0.25, -0.2) is 4.98 Å². The molecule has 1 aliphatic heterocycles. The molecule has 5 nitrogen and oxygen atoms in total. The number of amides is 1. The van der Waals surface area contributed by atoms with Crippen molar-refractivity contribution in [2.24, 2.45) is 5.92 Å². The minimum Gasteiger partial charge on any atom is -0.311 e. The van der Waals surface area contributed by atoms with E-state index in [0.717, 1.165) is 39.0 Å². The third-order valence-electron chi connectivity index (χ3n) is 5.53. The van der Waals surface area contributed by atoms with Gasteiger partial charge < -0.3 is 4.90 Å². The lowest BCUT2D eigenvalue weighted by Crippen LogP contribution is -2.28. The van der Waals surface area contributed by atoms with Gasteiger partial charge in [0.25, 0.3) is 0 Å². The van der Waals surface area contributed by atoms with Gasteiger partial charge in [0.15, 0.2) is 0 Å². The lowest BCUT2D eigenvalue weighted by molar-refractivity contribution is -0.117. The Morgan fingerprint density at radius 2 is 1.78 bits per heavy atom. The molecule has 1 fully saturated rings. The highest BCUT2D eigenvalue weighted by Crippen LogP contribution is 2.30. The number of aromatic nitrogens is 2. The van der Waals surface area contributed by atoms with E-state index in [2.05, 4.69) is 4.98 Å². The SMILES string of the molecule is Cc1ccc(C)c(N2CC(C(=O)n3cnc4cc(C)c(C)cc43)CC2=O)c1. The lowest BCUT2D eigenvalue weighted by Gasteiger charge is -2.19. The molecule has 1 amide bonds. The van der Waals surface area contributed by atoms with Crippen LogP contribution in [0, 0.1) is 33.6 Å². The van der Waals surface area contributed by atoms with Crippen molar-refractivity contribution in [1.29, 1.82) is 0 Å². The normalized spacial score (nSPS) is 17.1. The smallest absolute Gasteiger partial charge is 0.237 e. The molecule has 0 spiro atoms. The van der Waals surface area contributed by atoms with Crippen molar-refractivity contribution in [2.45, 2.75) is 34.1 Å². The maximum absolute atomic E-state index is 13.1. The molecule has 2 heterocycles. The Morgan fingerprint density at radius 1 is 1.04 bits per heavy atom. The number of carbonyl (C=O) groups is 2. The Labute approximate surface area is 158 Å². The fourth-order valence-corrected chi connectivity index (χ4v) is 3.75. The summed E-state index contributed by atoms with van der Waals surface area (Å²) in [6.45, 7) is 8.47. The Hall–Kier alpha value is -2.95. The van der Waals surface area contributed by atoms with Crippen molar-refractivity contribution < 1.29 is 9.59 Å². The summed E-state index contributed by atoms with van der Waals surface area (Å²) in [5.74, 6) is -0.433. The first-order valence-corrected chi connectivity index (χ1v) is 9.21. The van der Waals surface area contributed by atoms with E-state index in [0.29, 0.717) is 6.54 Å². The Morgan fingerprint density at radius 3 is 2.56 bits per heavy atom. The summed E-state index contributed by atoms with van der Waals surface area (Å²) in [5.41, 5.74) is 6.93. The first kappa shape index (κ1) is 17.5. The summed E-state index contributed by atoms with van der Waals surface area (Å²) in [4.78, 5) is 31.9. The zero-order chi connectivity index (χ0) is 19.3. The Kier molecular flexibility index (Phi) is 4.10. The molecule has 0 bridgehead atoms. The van der Waals surface area contributed by atoms with Crippen LogP contribution in [0.15, 0.2) is 36.7 Å². The molecule has 5 heteroatoms. The fourth-order valence-electron chi connectivity index (χ4n) is 3.75. The topological polar surface area (TPSA) is 55.2 Å². The van der Waals surface area contributed by atoms with Gasteiger partial charge in [-0.3, -0.25) is 14.2 Å². The number of hydrogen-bond acceptors (Lipinski definition) is 3. The van der Waals surface area contributed by atoms with Gasteiger partial charge >= 0.3 is 0 Å². The van der Waals surface area contributed by atoms with Crippen LogP contribution in [0.5, 0.6) is 0 Å². The molecule has 1 unspecified atom stereocenters. The van der Waals surface area contributed by atoms with Crippen molar-refractivity contribution in [2.75, 3.05) is 11.4 Å². The average molecular weight is 361 g/mol. The average Bonchev–Trinajstić information content (AvgIpc) is 3.20. The lowest BCUT2D eigenvalue weighted by atomic mass is 10.1. The third-order valence-corrected chi connectivity index (χ3v) is 5.53. The highest BCUT2D eigenvalue weighted by Gasteiger charge is 2.36. The van der Waals surface area contributed by atoms with Gasteiger partial charge in [-0.1, -0.05) is 12.1 Å². The second-order valence-corrected chi connectivity index (χ2v) is 7.57. The van der Waals surface area contributed by atoms with E-state index in [9.17, 15) is 9.59 Å². The van der Waals surface area contributed by atoms with E-state index in [-0.39, 0.29) is 24.2 Å². The molecule has 27 heavy (non-hydrogen) atoms. The van der Waals surface area contributed by atoms with Gasteiger partial charge in [0.1, 0.15) is 6.33 Å². The van der Waals surface area contributed by atoms with Crippen LogP contribution in [0.2, 0.25) is 0 Å². The molecule has 138 valence electrons. The maximum atomic E-state index is 13.1. The summed E-state index contributed by atoms with van der Waals surface area (Å²) < 4.78 is 1.60. The van der Waals surface area contributed by atoms with E-state index >= 15 is 0 Å². The number of nitrogens with zero attached hydrogens (tertiary/aromatic N) is 3. The number of imidazole rings is 1. The quantitative estimate of drug-likeness (QED) is 0.694. The van der Waals surface area contributed by atoms with Crippen LogP contribution in [0.4, 0.5) is 5.69 Å². The van der Waals surface area contributed by atoms with Crippen LogP contribution in [0.3, 0.4) is 0 Å². The molecule has 0 radical (unpaired) electrons. The highest BCUT2D eigenvalue weighted by molar-refractivity contribution is 6.02. The molecule has 0 aliphatic carbocycles. The molecule has 1 aromatic heterocycles. The molecule has 0 N–H and O–H groups in total. The van der Waals surface area contributed by atoms with E-state index in [4.69, 9.17) is 0 Å². The molecular formula is C22H23N3O2. The summed E-state index contributed by atoms with van der Waals surface area (Å²) in [6.07, 6.45) is 1.81. The molecule has 2 aromatic carbocycles. The largest absolute Gasteiger partial charge is 0.311 e. The Balaban J connectivity index is 1.65. The minimum atomic E-state index is -0.364. The van der Waals surface area contributed by atoms with Crippen molar-refractivity contribution in [3.05, 3.63) is 58.9 Å². The van der Waals surface area contributed by atoms with Crippen LogP contribution < -0.4 is 4.90 Å². The van der Waals surface area contributed by atoms with Crippen LogP contribution in [-0.4, -0.2) is 27.9 Å². The highest BCUT2D eigenvalue weighted by atomic mass is 16.2. The van der Waals surface area contributed by atoms with Gasteiger partial charge in [-0.05, 0) is 68.1 Å². The van der Waals surface area contributed by atoms with Crippen LogP contribution in [0.25, 0.3) is 11.0 Å². The maximum Gasteiger partial charge on any atom is 0.237 e. The summed E-state index contributed by atoms with van der Waals surface area (Å²) in [5, 5.41) is 0. The summed E-state index contributed by atoms with van der Waals surface area (Å²) >= 11 is 0. The van der Waals surface area contributed by atoms with Crippen molar-refractivity contribution in [1.82, 2.24) is 9.55 Å². The zero-order valence-corrected chi connectivity index (χ0v) is 16.1. The van der Waals surface area contributed by atoms with Gasteiger partial charge in [0, 0.05) is 18.7 Å². The van der Waals surface area contributed by atoms with Gasteiger partial charge in [-0.15, -0.1) is 0 Å². The number of fused-ring (bicyclic) bond motifs is 1. The summed E-state index contributed by atoms with van der Waals surface area (Å²) in [7, 11) is 0. The van der Waals surface area contributed by atoms with E-state index < -0.39 is 0 Å². The second kappa shape index (κ2) is 6.34. The van der Waals surface area contributed by atoms with E-state index in [1.54, 1.807) is 15.8 Å². The van der Waals surface area contributed by atoms with Gasteiger partial charge in [0.05, 0.1) is 17.0 Å². The number of hydrogen-bond donors (Lipinski definition) is 0. The number of rotatable bonds is 2. The number of benzene rings is 2. The van der Waals surface area contributed by atoms with Crippen molar-refractivity contribution >= 4 is 28.5 Å². The monoisotopic (exact) mass is 361 g/mol. The molecule has 1 aliphatic rings. The first-order valence-electron chi connectivity index (χ1n) is 9.21. The third kappa shape index (κ3) is 2.93.